The Bertz CT molecular complexity index is 478. The maximum absolute atomic E-state index is 11.7. The summed E-state index contributed by atoms with van der Waals surface area (Å²) in [5.41, 5.74) is 6.45. The molecule has 108 valence electrons. The van der Waals surface area contributed by atoms with Crippen molar-refractivity contribution in [2.24, 2.45) is 5.73 Å². The third kappa shape index (κ3) is 3.34. The van der Waals surface area contributed by atoms with Gasteiger partial charge in [-0.05, 0) is 12.0 Å². The number of nitrogens with two attached hydrogens (primary N) is 1. The maximum Gasteiger partial charge on any atom is 0.326 e. The number of amides is 1. The minimum absolute atomic E-state index is 0.0215. The normalized spacial score (nSPS) is 21.9. The highest BCUT2D eigenvalue weighted by molar-refractivity contribution is 5.85. The summed E-state index contributed by atoms with van der Waals surface area (Å²) in [4.78, 5) is 24.2. The predicted octanol–water partition coefficient (Wildman–Crippen LogP) is -0.211. The van der Waals surface area contributed by atoms with Gasteiger partial charge in [-0.15, -0.1) is 0 Å². The van der Waals surface area contributed by atoms with E-state index in [4.69, 9.17) is 10.8 Å². The van der Waals surface area contributed by atoms with Crippen LogP contribution in [0, 0.1) is 0 Å². The Hall–Kier alpha value is -1.92. The summed E-state index contributed by atoms with van der Waals surface area (Å²) in [6.45, 7) is 0.886. The van der Waals surface area contributed by atoms with Crippen LogP contribution in [0.15, 0.2) is 30.3 Å². The van der Waals surface area contributed by atoms with Crippen LogP contribution < -0.4 is 11.1 Å². The average Bonchev–Trinajstić information content (AvgIpc) is 2.90. The van der Waals surface area contributed by atoms with Crippen molar-refractivity contribution in [2.45, 2.75) is 25.0 Å². The van der Waals surface area contributed by atoms with Crippen LogP contribution in [0.5, 0.6) is 0 Å². The lowest BCUT2D eigenvalue weighted by Crippen LogP contribution is -2.43. The first-order valence-corrected chi connectivity index (χ1v) is 6.61. The van der Waals surface area contributed by atoms with Crippen LogP contribution >= 0.6 is 0 Å². The minimum Gasteiger partial charge on any atom is -0.480 e. The molecular weight excluding hydrogens is 258 g/mol. The number of nitrogens with one attached hydrogen (secondary N) is 1. The Kier molecular flexibility index (Phi) is 4.70. The smallest absolute Gasteiger partial charge is 0.326 e. The van der Waals surface area contributed by atoms with E-state index in [1.807, 2.05) is 30.3 Å². The van der Waals surface area contributed by atoms with Gasteiger partial charge in [-0.1, -0.05) is 30.3 Å². The van der Waals surface area contributed by atoms with E-state index in [-0.39, 0.29) is 18.5 Å². The molecule has 4 N–H and O–H groups in total. The third-order valence-corrected chi connectivity index (χ3v) is 3.52. The van der Waals surface area contributed by atoms with Gasteiger partial charge in [-0.25, -0.2) is 4.79 Å². The van der Waals surface area contributed by atoms with Gasteiger partial charge in [0, 0.05) is 19.1 Å². The zero-order valence-corrected chi connectivity index (χ0v) is 11.2. The molecule has 20 heavy (non-hydrogen) atoms. The molecule has 0 unspecified atom stereocenters. The number of nitrogens with zero attached hydrogens (tertiary/aromatic N) is 1. The molecule has 0 spiro atoms. The van der Waals surface area contributed by atoms with Gasteiger partial charge in [-0.3, -0.25) is 4.79 Å². The van der Waals surface area contributed by atoms with Crippen LogP contribution in [0.1, 0.15) is 12.0 Å². The third-order valence-electron chi connectivity index (χ3n) is 3.52. The summed E-state index contributed by atoms with van der Waals surface area (Å²) >= 11 is 0. The second-order valence-electron chi connectivity index (χ2n) is 4.90. The van der Waals surface area contributed by atoms with Gasteiger partial charge in [0.2, 0.25) is 5.91 Å². The number of carboxylic acids is 1. The van der Waals surface area contributed by atoms with Crippen molar-refractivity contribution in [1.82, 2.24) is 10.2 Å². The molecule has 2 atom stereocenters. The summed E-state index contributed by atoms with van der Waals surface area (Å²) in [7, 11) is 0. The number of carbonyl (C=O) groups excluding carboxylic acids is 1. The van der Waals surface area contributed by atoms with E-state index in [0.29, 0.717) is 19.5 Å². The summed E-state index contributed by atoms with van der Waals surface area (Å²) < 4.78 is 0. The molecule has 0 saturated carbocycles. The number of rotatable bonds is 5. The van der Waals surface area contributed by atoms with Gasteiger partial charge < -0.3 is 21.1 Å². The zero-order valence-electron chi connectivity index (χ0n) is 11.2. The molecule has 1 fully saturated rings. The summed E-state index contributed by atoms with van der Waals surface area (Å²) in [6, 6.07) is 9.05. The van der Waals surface area contributed by atoms with E-state index >= 15 is 0 Å². The molecule has 0 radical (unpaired) electrons. The average molecular weight is 277 g/mol. The highest BCUT2D eigenvalue weighted by atomic mass is 16.4. The quantitative estimate of drug-likeness (QED) is 0.692. The molecule has 1 aromatic carbocycles. The molecule has 0 aliphatic carbocycles. The standard InChI is InChI=1S/C14H19N3O3/c15-7-13(18)17-9-11(6-12(17)14(19)20)16-8-10-4-2-1-3-5-10/h1-5,11-12,16H,6-9,15H2,(H,19,20)/t11-,12+/m1/s1. The second kappa shape index (κ2) is 6.49. The Balaban J connectivity index is 1.94. The Morgan fingerprint density at radius 3 is 2.65 bits per heavy atom. The van der Waals surface area contributed by atoms with E-state index < -0.39 is 12.0 Å². The number of carboxylic acid groups (broad SMARTS) is 1. The SMILES string of the molecule is NCC(=O)N1C[C@H](NCc2ccccc2)C[C@H]1C(=O)O. The first-order chi connectivity index (χ1) is 9.61. The number of likely N-dealkylation sites (tertiary alicyclic amines) is 1. The summed E-state index contributed by atoms with van der Waals surface area (Å²) in [5.74, 6) is -1.29. The Morgan fingerprint density at radius 1 is 1.35 bits per heavy atom. The second-order valence-corrected chi connectivity index (χ2v) is 4.90. The van der Waals surface area contributed by atoms with Crippen molar-refractivity contribution in [1.29, 1.82) is 0 Å². The van der Waals surface area contributed by atoms with Crippen molar-refractivity contribution in [2.75, 3.05) is 13.1 Å². The van der Waals surface area contributed by atoms with Crippen LogP contribution in [0.2, 0.25) is 0 Å². The highest BCUT2D eigenvalue weighted by Crippen LogP contribution is 2.18. The number of benzene rings is 1. The molecule has 1 heterocycles. The molecular formula is C14H19N3O3. The lowest BCUT2D eigenvalue weighted by Gasteiger charge is -2.20. The fourth-order valence-electron chi connectivity index (χ4n) is 2.47. The van der Waals surface area contributed by atoms with Gasteiger partial charge in [0.25, 0.3) is 0 Å². The maximum atomic E-state index is 11.7. The van der Waals surface area contributed by atoms with Crippen molar-refractivity contribution >= 4 is 11.9 Å². The molecule has 1 aromatic rings. The number of aliphatic carboxylic acids is 1. The van der Waals surface area contributed by atoms with Crippen LogP contribution in [0.4, 0.5) is 0 Å². The molecule has 1 amide bonds. The molecule has 6 heteroatoms. The van der Waals surface area contributed by atoms with Crippen molar-refractivity contribution in [3.05, 3.63) is 35.9 Å². The molecule has 6 nitrogen and oxygen atoms in total. The molecule has 1 aliphatic rings. The zero-order chi connectivity index (χ0) is 14.5. The van der Waals surface area contributed by atoms with E-state index in [0.717, 1.165) is 5.56 Å². The van der Waals surface area contributed by atoms with Gasteiger partial charge in [-0.2, -0.15) is 0 Å². The van der Waals surface area contributed by atoms with Crippen LogP contribution in [-0.4, -0.2) is 47.1 Å². The molecule has 1 saturated heterocycles. The van der Waals surface area contributed by atoms with E-state index in [1.165, 1.54) is 4.90 Å². The largest absolute Gasteiger partial charge is 0.480 e. The van der Waals surface area contributed by atoms with E-state index in [1.54, 1.807) is 0 Å². The van der Waals surface area contributed by atoms with Crippen LogP contribution in [-0.2, 0) is 16.1 Å². The van der Waals surface area contributed by atoms with Gasteiger partial charge in [0.15, 0.2) is 0 Å². The fraction of sp³-hybridized carbons (Fsp3) is 0.429. The monoisotopic (exact) mass is 277 g/mol. The summed E-state index contributed by atoms with van der Waals surface area (Å²) in [6.07, 6.45) is 0.411. The highest BCUT2D eigenvalue weighted by Gasteiger charge is 2.38. The van der Waals surface area contributed by atoms with Crippen molar-refractivity contribution in [3.63, 3.8) is 0 Å². The fourth-order valence-corrected chi connectivity index (χ4v) is 2.47. The lowest BCUT2D eigenvalue weighted by atomic mass is 10.1. The van der Waals surface area contributed by atoms with Crippen molar-refractivity contribution in [3.8, 4) is 0 Å². The van der Waals surface area contributed by atoms with Gasteiger partial charge in [0.1, 0.15) is 6.04 Å². The molecule has 1 aliphatic heterocycles. The first kappa shape index (κ1) is 14.5. The Labute approximate surface area is 117 Å². The molecule has 2 rings (SSSR count). The lowest BCUT2D eigenvalue weighted by molar-refractivity contribution is -0.147. The molecule has 0 bridgehead atoms. The Morgan fingerprint density at radius 2 is 2.05 bits per heavy atom. The molecule has 0 aromatic heterocycles. The predicted molar refractivity (Wildman–Crippen MR) is 73.9 cm³/mol. The number of carbonyl (C=O) groups is 2. The van der Waals surface area contributed by atoms with Crippen LogP contribution in [0.25, 0.3) is 0 Å². The topological polar surface area (TPSA) is 95.7 Å². The van der Waals surface area contributed by atoms with E-state index in [2.05, 4.69) is 5.32 Å². The van der Waals surface area contributed by atoms with Gasteiger partial charge in [0.05, 0.1) is 6.54 Å². The number of hydrogen-bond acceptors (Lipinski definition) is 4. The number of hydrogen-bond donors (Lipinski definition) is 3. The minimum atomic E-state index is -0.976. The van der Waals surface area contributed by atoms with Crippen LogP contribution in [0.3, 0.4) is 0 Å². The van der Waals surface area contributed by atoms with Crippen molar-refractivity contribution < 1.29 is 14.7 Å². The first-order valence-electron chi connectivity index (χ1n) is 6.61. The van der Waals surface area contributed by atoms with Gasteiger partial charge >= 0.3 is 5.97 Å². The summed E-state index contributed by atoms with van der Waals surface area (Å²) in [5, 5.41) is 12.5. The van der Waals surface area contributed by atoms with E-state index in [9.17, 15) is 9.59 Å².